The standard InChI is InChI=1S/C6H7Cl2NS/c7-4-9-3-5-1-2-6(8)10-5/h1-2,9H,3-4H2. The first-order valence-corrected chi connectivity index (χ1v) is 4.56. The maximum absolute atomic E-state index is 5.70. The summed E-state index contributed by atoms with van der Waals surface area (Å²) in [7, 11) is 0. The van der Waals surface area contributed by atoms with Gasteiger partial charge in [0.1, 0.15) is 0 Å². The fourth-order valence-electron chi connectivity index (χ4n) is 0.617. The van der Waals surface area contributed by atoms with Crippen molar-refractivity contribution in [3.8, 4) is 0 Å². The largest absolute Gasteiger partial charge is 0.299 e. The van der Waals surface area contributed by atoms with E-state index in [1.54, 1.807) is 11.3 Å². The molecule has 10 heavy (non-hydrogen) atoms. The van der Waals surface area contributed by atoms with E-state index in [9.17, 15) is 0 Å². The van der Waals surface area contributed by atoms with E-state index in [1.807, 2.05) is 12.1 Å². The molecule has 0 bridgehead atoms. The molecule has 0 fully saturated rings. The molecule has 1 rings (SSSR count). The molecule has 0 radical (unpaired) electrons. The minimum atomic E-state index is 0.482. The maximum atomic E-state index is 5.70. The van der Waals surface area contributed by atoms with Gasteiger partial charge in [-0.25, -0.2) is 0 Å². The molecule has 0 unspecified atom stereocenters. The van der Waals surface area contributed by atoms with E-state index in [2.05, 4.69) is 5.32 Å². The normalized spacial score (nSPS) is 10.2. The number of halogens is 2. The highest BCUT2D eigenvalue weighted by Gasteiger charge is 1.94. The molecule has 1 nitrogen and oxygen atoms in total. The predicted molar refractivity (Wildman–Crippen MR) is 46.9 cm³/mol. The lowest BCUT2D eigenvalue weighted by Crippen LogP contribution is -2.08. The Labute approximate surface area is 74.0 Å². The van der Waals surface area contributed by atoms with E-state index in [0.29, 0.717) is 6.00 Å². The third-order valence-electron chi connectivity index (χ3n) is 1.02. The predicted octanol–water partition coefficient (Wildman–Crippen LogP) is 2.69. The third kappa shape index (κ3) is 2.46. The van der Waals surface area contributed by atoms with Gasteiger partial charge in [0.05, 0.1) is 10.3 Å². The molecule has 0 saturated heterocycles. The van der Waals surface area contributed by atoms with Gasteiger partial charge in [-0.1, -0.05) is 11.6 Å². The molecule has 0 aromatic carbocycles. The van der Waals surface area contributed by atoms with Gasteiger partial charge in [0, 0.05) is 11.4 Å². The van der Waals surface area contributed by atoms with Crippen molar-refractivity contribution in [2.45, 2.75) is 6.54 Å². The molecule has 0 saturated carbocycles. The summed E-state index contributed by atoms with van der Waals surface area (Å²) in [5.74, 6) is 0. The fraction of sp³-hybridized carbons (Fsp3) is 0.333. The lowest BCUT2D eigenvalue weighted by atomic mass is 10.5. The van der Waals surface area contributed by atoms with Crippen LogP contribution in [0.4, 0.5) is 0 Å². The summed E-state index contributed by atoms with van der Waals surface area (Å²) < 4.78 is 0.825. The second-order valence-corrected chi connectivity index (χ2v) is 3.83. The molecule has 0 amide bonds. The molecule has 1 heterocycles. The highest BCUT2D eigenvalue weighted by Crippen LogP contribution is 2.20. The van der Waals surface area contributed by atoms with Gasteiger partial charge in [-0.05, 0) is 12.1 Å². The molecule has 0 atom stereocenters. The zero-order chi connectivity index (χ0) is 7.40. The van der Waals surface area contributed by atoms with Gasteiger partial charge in [0.15, 0.2) is 0 Å². The van der Waals surface area contributed by atoms with Crippen LogP contribution in [0, 0.1) is 0 Å². The van der Waals surface area contributed by atoms with Gasteiger partial charge in [0.2, 0.25) is 0 Å². The Bertz CT molecular complexity index is 199. The van der Waals surface area contributed by atoms with Crippen LogP contribution >= 0.6 is 34.5 Å². The molecule has 0 spiro atoms. The Morgan fingerprint density at radius 2 is 2.30 bits per heavy atom. The summed E-state index contributed by atoms with van der Waals surface area (Å²) in [6.45, 7) is 0.806. The Morgan fingerprint density at radius 1 is 1.50 bits per heavy atom. The van der Waals surface area contributed by atoms with E-state index < -0.39 is 0 Å². The molecular formula is C6H7Cl2NS. The van der Waals surface area contributed by atoms with Gasteiger partial charge in [-0.3, -0.25) is 5.32 Å². The summed E-state index contributed by atoms with van der Waals surface area (Å²) in [5, 5.41) is 3.00. The molecule has 4 heteroatoms. The maximum Gasteiger partial charge on any atom is 0.0931 e. The van der Waals surface area contributed by atoms with Crippen LogP contribution in [0.25, 0.3) is 0 Å². The second-order valence-electron chi connectivity index (χ2n) is 1.77. The molecule has 0 aliphatic heterocycles. The van der Waals surface area contributed by atoms with Crippen molar-refractivity contribution in [2.75, 3.05) is 6.00 Å². The number of hydrogen-bond donors (Lipinski definition) is 1. The number of nitrogens with one attached hydrogen (secondary N) is 1. The van der Waals surface area contributed by atoms with E-state index in [1.165, 1.54) is 4.88 Å². The van der Waals surface area contributed by atoms with Crippen LogP contribution < -0.4 is 5.32 Å². The minimum Gasteiger partial charge on any atom is -0.299 e. The average molecular weight is 196 g/mol. The quantitative estimate of drug-likeness (QED) is 0.578. The highest BCUT2D eigenvalue weighted by molar-refractivity contribution is 7.16. The number of rotatable bonds is 3. The lowest BCUT2D eigenvalue weighted by Gasteiger charge is -1.93. The smallest absolute Gasteiger partial charge is 0.0931 e. The average Bonchev–Trinajstić information content (AvgIpc) is 2.31. The number of alkyl halides is 1. The minimum absolute atomic E-state index is 0.482. The first kappa shape index (κ1) is 8.34. The van der Waals surface area contributed by atoms with E-state index in [4.69, 9.17) is 23.2 Å². The topological polar surface area (TPSA) is 12.0 Å². The molecule has 1 N–H and O–H groups in total. The number of thiophene rings is 1. The van der Waals surface area contributed by atoms with Crippen LogP contribution in [0.5, 0.6) is 0 Å². The van der Waals surface area contributed by atoms with Gasteiger partial charge in [-0.15, -0.1) is 22.9 Å². The molecule has 0 aliphatic carbocycles. The van der Waals surface area contributed by atoms with Crippen LogP contribution in [0.2, 0.25) is 4.34 Å². The summed E-state index contributed by atoms with van der Waals surface area (Å²) in [6, 6.07) is 4.36. The second kappa shape index (κ2) is 4.19. The van der Waals surface area contributed by atoms with Crippen LogP contribution in [-0.4, -0.2) is 6.00 Å². The van der Waals surface area contributed by atoms with Crippen LogP contribution in [0.1, 0.15) is 4.88 Å². The summed E-state index contributed by atoms with van der Waals surface area (Å²) in [4.78, 5) is 1.21. The highest BCUT2D eigenvalue weighted by atomic mass is 35.5. The molecule has 56 valence electrons. The Kier molecular flexibility index (Phi) is 3.49. The van der Waals surface area contributed by atoms with E-state index in [0.717, 1.165) is 10.9 Å². The first-order valence-electron chi connectivity index (χ1n) is 2.84. The van der Waals surface area contributed by atoms with Crippen LogP contribution in [0.15, 0.2) is 12.1 Å². The Hall–Kier alpha value is 0.240. The molecule has 1 aromatic heterocycles. The first-order chi connectivity index (χ1) is 4.83. The Balaban J connectivity index is 2.42. The van der Waals surface area contributed by atoms with Crippen molar-refractivity contribution in [1.82, 2.24) is 5.32 Å². The lowest BCUT2D eigenvalue weighted by molar-refractivity contribution is 0.803. The Morgan fingerprint density at radius 3 is 2.80 bits per heavy atom. The van der Waals surface area contributed by atoms with Crippen molar-refractivity contribution in [3.63, 3.8) is 0 Å². The fourth-order valence-corrected chi connectivity index (χ4v) is 1.77. The van der Waals surface area contributed by atoms with E-state index in [-0.39, 0.29) is 0 Å². The summed E-state index contributed by atoms with van der Waals surface area (Å²) >= 11 is 12.7. The van der Waals surface area contributed by atoms with Crippen LogP contribution in [-0.2, 0) is 6.54 Å². The summed E-state index contributed by atoms with van der Waals surface area (Å²) in [6.07, 6.45) is 0. The van der Waals surface area contributed by atoms with Crippen molar-refractivity contribution in [2.24, 2.45) is 0 Å². The zero-order valence-corrected chi connectivity index (χ0v) is 7.56. The zero-order valence-electron chi connectivity index (χ0n) is 5.23. The van der Waals surface area contributed by atoms with E-state index >= 15 is 0 Å². The van der Waals surface area contributed by atoms with Gasteiger partial charge in [0.25, 0.3) is 0 Å². The number of hydrogen-bond acceptors (Lipinski definition) is 2. The summed E-state index contributed by atoms with van der Waals surface area (Å²) in [5.41, 5.74) is 0. The van der Waals surface area contributed by atoms with Crippen LogP contribution in [0.3, 0.4) is 0 Å². The molecule has 0 aliphatic rings. The van der Waals surface area contributed by atoms with Crippen molar-refractivity contribution in [3.05, 3.63) is 21.3 Å². The molecular weight excluding hydrogens is 189 g/mol. The van der Waals surface area contributed by atoms with Crippen molar-refractivity contribution < 1.29 is 0 Å². The van der Waals surface area contributed by atoms with Gasteiger partial charge < -0.3 is 0 Å². The van der Waals surface area contributed by atoms with Gasteiger partial charge in [-0.2, -0.15) is 0 Å². The monoisotopic (exact) mass is 195 g/mol. The van der Waals surface area contributed by atoms with Crippen molar-refractivity contribution >= 4 is 34.5 Å². The SMILES string of the molecule is ClCNCc1ccc(Cl)s1. The third-order valence-corrected chi connectivity index (χ3v) is 2.44. The van der Waals surface area contributed by atoms with Crippen molar-refractivity contribution in [1.29, 1.82) is 0 Å². The van der Waals surface area contributed by atoms with Gasteiger partial charge >= 0.3 is 0 Å². The molecule has 1 aromatic rings.